The molecule has 2 unspecified atom stereocenters. The first kappa shape index (κ1) is 14.5. The Morgan fingerprint density at radius 2 is 1.74 bits per heavy atom. The summed E-state index contributed by atoms with van der Waals surface area (Å²) >= 11 is 5.90. The normalized spacial score (nSPS) is 23.2. The number of carbonyl (C=O) groups is 1. The molecule has 4 heterocycles. The fourth-order valence-corrected chi connectivity index (χ4v) is 3.69. The Labute approximate surface area is 139 Å². The number of aromatic nitrogens is 2. The number of anilines is 1. The first-order valence-electron chi connectivity index (χ1n) is 7.76. The van der Waals surface area contributed by atoms with Gasteiger partial charge in [0.25, 0.3) is 5.91 Å². The van der Waals surface area contributed by atoms with Crippen LogP contribution in [0.2, 0.25) is 5.02 Å². The Bertz CT molecular complexity index is 692. The minimum atomic E-state index is 0.109. The fourth-order valence-electron chi connectivity index (χ4n) is 3.58. The maximum absolute atomic E-state index is 12.5. The van der Waals surface area contributed by atoms with Crippen molar-refractivity contribution in [3.05, 3.63) is 53.4 Å². The minimum Gasteiger partial charge on any atom is -0.356 e. The van der Waals surface area contributed by atoms with Gasteiger partial charge in [-0.1, -0.05) is 11.6 Å². The van der Waals surface area contributed by atoms with Gasteiger partial charge in [-0.05, 0) is 24.3 Å². The van der Waals surface area contributed by atoms with E-state index in [4.69, 9.17) is 11.6 Å². The highest BCUT2D eigenvalue weighted by Gasteiger charge is 2.42. The van der Waals surface area contributed by atoms with Crippen LogP contribution in [0.3, 0.4) is 0 Å². The molecule has 2 aliphatic rings. The summed E-state index contributed by atoms with van der Waals surface area (Å²) in [4.78, 5) is 25.1. The van der Waals surface area contributed by atoms with Crippen molar-refractivity contribution in [3.8, 4) is 0 Å². The molecule has 2 fully saturated rings. The predicted molar refractivity (Wildman–Crippen MR) is 88.6 cm³/mol. The Morgan fingerprint density at radius 1 is 1.04 bits per heavy atom. The van der Waals surface area contributed by atoms with Gasteiger partial charge in [0.1, 0.15) is 5.82 Å². The average Bonchev–Trinajstić information content (AvgIpc) is 3.14. The predicted octanol–water partition coefficient (Wildman–Crippen LogP) is 2.34. The lowest BCUT2D eigenvalue weighted by Crippen LogP contribution is -2.33. The van der Waals surface area contributed by atoms with Crippen LogP contribution in [0, 0.1) is 11.8 Å². The number of fused-ring (bicyclic) bond motifs is 1. The van der Waals surface area contributed by atoms with Crippen LogP contribution < -0.4 is 4.90 Å². The SMILES string of the molecule is O=C(c1ccncc1)N1CC2CN(c3ccc(Cl)cn3)CC2C1. The Hall–Kier alpha value is -2.14. The van der Waals surface area contributed by atoms with Crippen LogP contribution in [0.1, 0.15) is 10.4 Å². The lowest BCUT2D eigenvalue weighted by Gasteiger charge is -2.22. The van der Waals surface area contributed by atoms with E-state index in [1.807, 2.05) is 17.0 Å². The summed E-state index contributed by atoms with van der Waals surface area (Å²) in [6.07, 6.45) is 5.01. The van der Waals surface area contributed by atoms with Crippen molar-refractivity contribution >= 4 is 23.3 Å². The number of halogens is 1. The molecular weight excluding hydrogens is 312 g/mol. The molecule has 2 atom stereocenters. The highest BCUT2D eigenvalue weighted by molar-refractivity contribution is 6.30. The highest BCUT2D eigenvalue weighted by atomic mass is 35.5. The van der Waals surface area contributed by atoms with E-state index in [2.05, 4.69) is 14.9 Å². The number of rotatable bonds is 2. The standard InChI is InChI=1S/C17H17ClN4O/c18-15-1-2-16(20-7-15)21-8-13-10-22(11-14(13)9-21)17(23)12-3-5-19-6-4-12/h1-7,13-14H,8-11H2. The van der Waals surface area contributed by atoms with E-state index in [0.29, 0.717) is 16.9 Å². The topological polar surface area (TPSA) is 49.3 Å². The first-order valence-corrected chi connectivity index (χ1v) is 8.14. The van der Waals surface area contributed by atoms with Gasteiger partial charge in [0.2, 0.25) is 0 Å². The van der Waals surface area contributed by atoms with Crippen LogP contribution in [0.25, 0.3) is 0 Å². The van der Waals surface area contributed by atoms with Gasteiger partial charge in [-0.2, -0.15) is 0 Å². The van der Waals surface area contributed by atoms with Crippen LogP contribution in [0.4, 0.5) is 5.82 Å². The molecular formula is C17H17ClN4O. The molecule has 0 spiro atoms. The molecule has 4 rings (SSSR count). The average molecular weight is 329 g/mol. The zero-order valence-corrected chi connectivity index (χ0v) is 13.4. The molecule has 0 radical (unpaired) electrons. The van der Waals surface area contributed by atoms with Crippen LogP contribution in [0.5, 0.6) is 0 Å². The van der Waals surface area contributed by atoms with Crippen molar-refractivity contribution in [1.29, 1.82) is 0 Å². The van der Waals surface area contributed by atoms with E-state index >= 15 is 0 Å². The maximum Gasteiger partial charge on any atom is 0.253 e. The second-order valence-electron chi connectivity index (χ2n) is 6.21. The quantitative estimate of drug-likeness (QED) is 0.849. The number of carbonyl (C=O) groups excluding carboxylic acids is 1. The molecule has 1 amide bonds. The van der Waals surface area contributed by atoms with Crippen LogP contribution in [0.15, 0.2) is 42.9 Å². The minimum absolute atomic E-state index is 0.109. The monoisotopic (exact) mass is 328 g/mol. The molecule has 0 N–H and O–H groups in total. The largest absolute Gasteiger partial charge is 0.356 e. The molecule has 0 saturated carbocycles. The van der Waals surface area contributed by atoms with Crippen molar-refractivity contribution in [2.24, 2.45) is 11.8 Å². The van der Waals surface area contributed by atoms with E-state index in [0.717, 1.165) is 37.6 Å². The number of hydrogen-bond donors (Lipinski definition) is 0. The van der Waals surface area contributed by atoms with Gasteiger partial charge in [-0.3, -0.25) is 9.78 Å². The number of pyridine rings is 2. The van der Waals surface area contributed by atoms with Crippen LogP contribution in [-0.2, 0) is 0 Å². The van der Waals surface area contributed by atoms with Crippen LogP contribution in [-0.4, -0.2) is 47.0 Å². The third-order valence-corrected chi connectivity index (χ3v) is 4.96. The summed E-state index contributed by atoms with van der Waals surface area (Å²) in [6.45, 7) is 3.52. The van der Waals surface area contributed by atoms with E-state index in [9.17, 15) is 4.79 Å². The third kappa shape index (κ3) is 2.77. The lowest BCUT2D eigenvalue weighted by molar-refractivity contribution is 0.0782. The maximum atomic E-state index is 12.5. The van der Waals surface area contributed by atoms with Crippen molar-refractivity contribution < 1.29 is 4.79 Å². The summed E-state index contributed by atoms with van der Waals surface area (Å²) in [5, 5.41) is 0.655. The van der Waals surface area contributed by atoms with Crippen molar-refractivity contribution in [2.45, 2.75) is 0 Å². The summed E-state index contributed by atoms with van der Waals surface area (Å²) < 4.78 is 0. The van der Waals surface area contributed by atoms with Crippen molar-refractivity contribution in [3.63, 3.8) is 0 Å². The van der Waals surface area contributed by atoms with E-state index in [1.54, 1.807) is 30.7 Å². The van der Waals surface area contributed by atoms with Gasteiger partial charge in [0.05, 0.1) is 5.02 Å². The molecule has 23 heavy (non-hydrogen) atoms. The van der Waals surface area contributed by atoms with Crippen molar-refractivity contribution in [1.82, 2.24) is 14.9 Å². The fraction of sp³-hybridized carbons (Fsp3) is 0.353. The van der Waals surface area contributed by atoms with E-state index < -0.39 is 0 Å². The molecule has 0 bridgehead atoms. The van der Waals surface area contributed by atoms with Gasteiger partial charge in [-0.25, -0.2) is 4.98 Å². The smallest absolute Gasteiger partial charge is 0.253 e. The molecule has 6 heteroatoms. The van der Waals surface area contributed by atoms with Gasteiger partial charge in [0, 0.05) is 62.2 Å². The molecule has 0 aromatic carbocycles. The third-order valence-electron chi connectivity index (χ3n) is 4.74. The Kier molecular flexibility index (Phi) is 3.65. The number of hydrogen-bond acceptors (Lipinski definition) is 4. The van der Waals surface area contributed by atoms with E-state index in [-0.39, 0.29) is 5.91 Å². The Balaban J connectivity index is 1.42. The summed E-state index contributed by atoms with van der Waals surface area (Å²) in [7, 11) is 0. The first-order chi connectivity index (χ1) is 11.2. The van der Waals surface area contributed by atoms with Gasteiger partial charge >= 0.3 is 0 Å². The van der Waals surface area contributed by atoms with Gasteiger partial charge in [-0.15, -0.1) is 0 Å². The molecule has 118 valence electrons. The zero-order valence-electron chi connectivity index (χ0n) is 12.6. The highest BCUT2D eigenvalue weighted by Crippen LogP contribution is 2.34. The second-order valence-corrected chi connectivity index (χ2v) is 6.64. The molecule has 2 saturated heterocycles. The number of likely N-dealkylation sites (tertiary alicyclic amines) is 1. The lowest BCUT2D eigenvalue weighted by atomic mass is 10.0. The van der Waals surface area contributed by atoms with Gasteiger partial charge < -0.3 is 9.80 Å². The van der Waals surface area contributed by atoms with Crippen molar-refractivity contribution in [2.75, 3.05) is 31.1 Å². The number of nitrogens with zero attached hydrogens (tertiary/aromatic N) is 4. The molecule has 0 aliphatic carbocycles. The summed E-state index contributed by atoms with van der Waals surface area (Å²) in [6, 6.07) is 7.39. The molecule has 2 aliphatic heterocycles. The molecule has 5 nitrogen and oxygen atoms in total. The molecule has 2 aromatic heterocycles. The Morgan fingerprint density at radius 3 is 2.35 bits per heavy atom. The zero-order chi connectivity index (χ0) is 15.8. The molecule has 2 aromatic rings. The van der Waals surface area contributed by atoms with E-state index in [1.165, 1.54) is 0 Å². The number of amides is 1. The van der Waals surface area contributed by atoms with Gasteiger partial charge in [0.15, 0.2) is 0 Å². The summed E-state index contributed by atoms with van der Waals surface area (Å²) in [5.74, 6) is 2.10. The van der Waals surface area contributed by atoms with Crippen LogP contribution >= 0.6 is 11.6 Å². The second kappa shape index (κ2) is 5.81. The summed E-state index contributed by atoms with van der Waals surface area (Å²) in [5.41, 5.74) is 0.719.